The van der Waals surface area contributed by atoms with Crippen molar-refractivity contribution in [2.45, 2.75) is 13.3 Å². The van der Waals surface area contributed by atoms with Crippen LogP contribution in [-0.4, -0.2) is 0 Å². The molecule has 0 bridgehead atoms. The predicted octanol–water partition coefficient (Wildman–Crippen LogP) is 5.30. The standard InChI is InChI=1S/C18H15Cl/c1-12-6-3-4-7-15(12)14-10-13(2)16-8-5-9-18(19)17(16)11-14/h3-10H,2,11H2,1H3. The third kappa shape index (κ3) is 2.13. The van der Waals surface area contributed by atoms with Crippen molar-refractivity contribution in [2.24, 2.45) is 0 Å². The zero-order valence-corrected chi connectivity index (χ0v) is 11.7. The number of rotatable bonds is 1. The second-order valence-corrected chi connectivity index (χ2v) is 5.36. The summed E-state index contributed by atoms with van der Waals surface area (Å²) in [6.45, 7) is 6.31. The van der Waals surface area contributed by atoms with Crippen LogP contribution >= 0.6 is 11.6 Å². The lowest BCUT2D eigenvalue weighted by Crippen LogP contribution is -2.03. The minimum atomic E-state index is 0.831. The van der Waals surface area contributed by atoms with Gasteiger partial charge in [-0.2, -0.15) is 0 Å². The van der Waals surface area contributed by atoms with Gasteiger partial charge in [0.05, 0.1) is 0 Å². The smallest absolute Gasteiger partial charge is 0.0447 e. The van der Waals surface area contributed by atoms with Crippen LogP contribution in [0.1, 0.15) is 22.3 Å². The molecule has 0 heterocycles. The van der Waals surface area contributed by atoms with Gasteiger partial charge in [-0.15, -0.1) is 0 Å². The third-order valence-electron chi connectivity index (χ3n) is 3.67. The lowest BCUT2D eigenvalue weighted by atomic mass is 9.84. The van der Waals surface area contributed by atoms with Gasteiger partial charge in [0.1, 0.15) is 0 Å². The monoisotopic (exact) mass is 266 g/mol. The van der Waals surface area contributed by atoms with E-state index in [2.05, 4.69) is 49.9 Å². The highest BCUT2D eigenvalue weighted by atomic mass is 35.5. The molecule has 0 saturated carbocycles. The van der Waals surface area contributed by atoms with E-state index in [9.17, 15) is 0 Å². The quantitative estimate of drug-likeness (QED) is 0.657. The van der Waals surface area contributed by atoms with Crippen molar-refractivity contribution in [3.8, 4) is 0 Å². The van der Waals surface area contributed by atoms with E-state index in [1.807, 2.05) is 12.1 Å². The van der Waals surface area contributed by atoms with Gasteiger partial charge in [0.25, 0.3) is 0 Å². The van der Waals surface area contributed by atoms with Crippen LogP contribution in [0, 0.1) is 6.92 Å². The Kier molecular flexibility index (Phi) is 3.04. The maximum Gasteiger partial charge on any atom is 0.0447 e. The van der Waals surface area contributed by atoms with Gasteiger partial charge in [-0.25, -0.2) is 0 Å². The first-order chi connectivity index (χ1) is 9.16. The Bertz CT molecular complexity index is 693. The summed E-state index contributed by atoms with van der Waals surface area (Å²) in [5.41, 5.74) is 7.27. The second kappa shape index (κ2) is 4.71. The number of allylic oxidation sites excluding steroid dienone is 3. The van der Waals surface area contributed by atoms with Crippen molar-refractivity contribution < 1.29 is 0 Å². The Morgan fingerprint density at radius 2 is 1.74 bits per heavy atom. The van der Waals surface area contributed by atoms with E-state index in [-0.39, 0.29) is 0 Å². The zero-order chi connectivity index (χ0) is 13.4. The molecule has 0 aromatic heterocycles. The summed E-state index contributed by atoms with van der Waals surface area (Å²) in [7, 11) is 0. The van der Waals surface area contributed by atoms with Crippen LogP contribution in [0.3, 0.4) is 0 Å². The molecule has 0 unspecified atom stereocenters. The first-order valence-electron chi connectivity index (χ1n) is 6.40. The summed E-state index contributed by atoms with van der Waals surface area (Å²) in [5.74, 6) is 0. The molecule has 3 rings (SSSR count). The Morgan fingerprint density at radius 3 is 2.53 bits per heavy atom. The van der Waals surface area contributed by atoms with Gasteiger partial charge < -0.3 is 0 Å². The molecule has 2 aromatic rings. The molecule has 94 valence electrons. The van der Waals surface area contributed by atoms with E-state index < -0.39 is 0 Å². The minimum absolute atomic E-state index is 0.831. The second-order valence-electron chi connectivity index (χ2n) is 4.95. The van der Waals surface area contributed by atoms with Crippen LogP contribution in [0.4, 0.5) is 0 Å². The summed E-state index contributed by atoms with van der Waals surface area (Å²) >= 11 is 6.33. The molecule has 0 N–H and O–H groups in total. The van der Waals surface area contributed by atoms with Crippen molar-refractivity contribution >= 4 is 22.7 Å². The van der Waals surface area contributed by atoms with Crippen LogP contribution in [0.2, 0.25) is 5.02 Å². The van der Waals surface area contributed by atoms with Gasteiger partial charge in [-0.3, -0.25) is 0 Å². The molecule has 0 amide bonds. The van der Waals surface area contributed by atoms with E-state index in [1.54, 1.807) is 0 Å². The Labute approximate surface area is 119 Å². The van der Waals surface area contributed by atoms with Gasteiger partial charge in [-0.1, -0.05) is 60.7 Å². The Balaban J connectivity index is 2.12. The highest BCUT2D eigenvalue weighted by Gasteiger charge is 2.17. The summed E-state index contributed by atoms with van der Waals surface area (Å²) < 4.78 is 0. The van der Waals surface area contributed by atoms with Crippen molar-refractivity contribution in [1.29, 1.82) is 0 Å². The molecule has 1 aliphatic rings. The maximum absolute atomic E-state index is 6.33. The molecular formula is C18H15Cl. The molecule has 19 heavy (non-hydrogen) atoms. The van der Waals surface area contributed by atoms with Crippen molar-refractivity contribution in [3.05, 3.63) is 82.4 Å². The van der Waals surface area contributed by atoms with Gasteiger partial charge in [-0.05, 0) is 46.4 Å². The van der Waals surface area contributed by atoms with Crippen LogP contribution in [0.15, 0.2) is 55.1 Å². The number of hydrogen-bond acceptors (Lipinski definition) is 0. The molecule has 1 heteroatoms. The summed E-state index contributed by atoms with van der Waals surface area (Å²) in [6, 6.07) is 14.5. The summed E-state index contributed by atoms with van der Waals surface area (Å²) in [4.78, 5) is 0. The largest absolute Gasteiger partial charge is 0.0911 e. The van der Waals surface area contributed by atoms with E-state index >= 15 is 0 Å². The molecule has 0 nitrogen and oxygen atoms in total. The van der Waals surface area contributed by atoms with Crippen LogP contribution in [0.25, 0.3) is 11.1 Å². The van der Waals surface area contributed by atoms with E-state index in [4.69, 9.17) is 11.6 Å². The van der Waals surface area contributed by atoms with Crippen molar-refractivity contribution in [2.75, 3.05) is 0 Å². The minimum Gasteiger partial charge on any atom is -0.0911 e. The van der Waals surface area contributed by atoms with Gasteiger partial charge in [0.2, 0.25) is 0 Å². The van der Waals surface area contributed by atoms with E-state index in [0.29, 0.717) is 0 Å². The Morgan fingerprint density at radius 1 is 1.00 bits per heavy atom. The van der Waals surface area contributed by atoms with Gasteiger partial charge in [0.15, 0.2) is 0 Å². The normalized spacial score (nSPS) is 14.0. The SMILES string of the molecule is C=C1C=C(c2ccccc2C)Cc2c(Cl)cccc21. The molecular weight excluding hydrogens is 252 g/mol. The molecule has 0 radical (unpaired) electrons. The Hall–Kier alpha value is -1.79. The molecule has 0 saturated heterocycles. The topological polar surface area (TPSA) is 0 Å². The highest BCUT2D eigenvalue weighted by Crippen LogP contribution is 2.37. The molecule has 1 aliphatic carbocycles. The fraction of sp³-hybridized carbons (Fsp3) is 0.111. The van der Waals surface area contributed by atoms with Crippen LogP contribution in [-0.2, 0) is 6.42 Å². The fourth-order valence-corrected chi connectivity index (χ4v) is 2.92. The summed E-state index contributed by atoms with van der Waals surface area (Å²) in [6.07, 6.45) is 3.06. The molecule has 0 fully saturated rings. The fourth-order valence-electron chi connectivity index (χ4n) is 2.67. The lowest BCUT2D eigenvalue weighted by Gasteiger charge is -2.21. The first-order valence-corrected chi connectivity index (χ1v) is 6.78. The maximum atomic E-state index is 6.33. The number of fused-ring (bicyclic) bond motifs is 1. The first kappa shape index (κ1) is 12.3. The number of hydrogen-bond donors (Lipinski definition) is 0. The van der Waals surface area contributed by atoms with E-state index in [0.717, 1.165) is 17.0 Å². The average molecular weight is 267 g/mol. The number of halogens is 1. The number of aryl methyl sites for hydroxylation is 1. The molecule has 2 aromatic carbocycles. The van der Waals surface area contributed by atoms with Gasteiger partial charge >= 0.3 is 0 Å². The van der Waals surface area contributed by atoms with Crippen LogP contribution in [0.5, 0.6) is 0 Å². The highest BCUT2D eigenvalue weighted by molar-refractivity contribution is 6.31. The lowest BCUT2D eigenvalue weighted by molar-refractivity contribution is 1.23. The van der Waals surface area contributed by atoms with Crippen molar-refractivity contribution in [1.82, 2.24) is 0 Å². The van der Waals surface area contributed by atoms with Crippen molar-refractivity contribution in [3.63, 3.8) is 0 Å². The molecule has 0 aliphatic heterocycles. The van der Waals surface area contributed by atoms with Crippen LogP contribution < -0.4 is 0 Å². The third-order valence-corrected chi connectivity index (χ3v) is 4.03. The average Bonchev–Trinajstić information content (AvgIpc) is 2.40. The molecule has 0 spiro atoms. The zero-order valence-electron chi connectivity index (χ0n) is 10.9. The number of benzene rings is 2. The predicted molar refractivity (Wildman–Crippen MR) is 83.3 cm³/mol. The van der Waals surface area contributed by atoms with E-state index in [1.165, 1.54) is 27.8 Å². The molecule has 0 atom stereocenters. The summed E-state index contributed by atoms with van der Waals surface area (Å²) in [5, 5.41) is 0.831. The van der Waals surface area contributed by atoms with Gasteiger partial charge in [0, 0.05) is 11.4 Å².